The zero-order valence-corrected chi connectivity index (χ0v) is 16.0. The van der Waals surface area contributed by atoms with E-state index in [4.69, 9.17) is 15.8 Å². The molecule has 0 saturated carbocycles. The van der Waals surface area contributed by atoms with Crippen LogP contribution in [0.2, 0.25) is 5.02 Å². The van der Waals surface area contributed by atoms with Gasteiger partial charge in [-0.05, 0) is 6.07 Å². The maximum atomic E-state index is 14.3. The molecule has 0 fully saturated rings. The van der Waals surface area contributed by atoms with E-state index in [-0.39, 0.29) is 15.2 Å². The molecule has 0 amide bonds. The molecule has 154 valence electrons. The number of rotatable bonds is 4. The molecule has 8 nitrogen and oxygen atoms in total. The van der Waals surface area contributed by atoms with Crippen LogP contribution in [0.5, 0.6) is 5.75 Å². The fourth-order valence-corrected chi connectivity index (χ4v) is 2.81. The average molecular weight is 446 g/mol. The van der Waals surface area contributed by atoms with Crippen LogP contribution in [0.15, 0.2) is 27.8 Å². The SMILES string of the molecule is CN(C)S(=O)(=O)Oc1cc(-n2c(=O)cc(C(F)(F)F)n(C)c2=O)c(F)cc1Cl. The molecule has 0 spiro atoms. The fourth-order valence-electron chi connectivity index (χ4n) is 2.06. The minimum atomic E-state index is -5.00. The van der Waals surface area contributed by atoms with Crippen molar-refractivity contribution in [2.45, 2.75) is 6.18 Å². The summed E-state index contributed by atoms with van der Waals surface area (Å²) in [6.45, 7) is 0. The number of nitrogens with zero attached hydrogens (tertiary/aromatic N) is 3. The van der Waals surface area contributed by atoms with Crippen molar-refractivity contribution in [2.75, 3.05) is 14.1 Å². The molecule has 0 bridgehead atoms. The Balaban J connectivity index is 2.77. The van der Waals surface area contributed by atoms with Gasteiger partial charge in [0.25, 0.3) is 5.56 Å². The Morgan fingerprint density at radius 2 is 1.71 bits per heavy atom. The van der Waals surface area contributed by atoms with Crippen molar-refractivity contribution in [3.05, 3.63) is 55.6 Å². The summed E-state index contributed by atoms with van der Waals surface area (Å²) < 4.78 is 82.2. The molecule has 2 rings (SSSR count). The van der Waals surface area contributed by atoms with Crippen LogP contribution in [0.4, 0.5) is 17.6 Å². The predicted molar refractivity (Wildman–Crippen MR) is 90.5 cm³/mol. The van der Waals surface area contributed by atoms with E-state index < -0.39 is 55.7 Å². The third-order valence-electron chi connectivity index (χ3n) is 3.50. The number of halogens is 5. The second kappa shape index (κ2) is 7.22. The number of hydrogen-bond acceptors (Lipinski definition) is 5. The summed E-state index contributed by atoms with van der Waals surface area (Å²) in [6.07, 6.45) is -5.00. The van der Waals surface area contributed by atoms with E-state index in [1.807, 2.05) is 0 Å². The molecule has 0 atom stereocenters. The Labute approximate surface area is 160 Å². The summed E-state index contributed by atoms with van der Waals surface area (Å²) in [5, 5.41) is -0.511. The van der Waals surface area contributed by atoms with Crippen molar-refractivity contribution in [3.8, 4) is 11.4 Å². The lowest BCUT2D eigenvalue weighted by molar-refractivity contribution is -0.144. The third-order valence-corrected chi connectivity index (χ3v) is 5.08. The molecule has 1 aromatic carbocycles. The molecule has 0 aliphatic heterocycles. The van der Waals surface area contributed by atoms with Gasteiger partial charge in [0.2, 0.25) is 0 Å². The highest BCUT2D eigenvalue weighted by Crippen LogP contribution is 2.31. The van der Waals surface area contributed by atoms with Gasteiger partial charge in [-0.25, -0.2) is 13.8 Å². The quantitative estimate of drug-likeness (QED) is 0.666. The molecule has 0 unspecified atom stereocenters. The first-order chi connectivity index (χ1) is 12.7. The van der Waals surface area contributed by atoms with Crippen LogP contribution in [0, 0.1) is 5.82 Å². The largest absolute Gasteiger partial charge is 0.431 e. The molecule has 0 saturated heterocycles. The van der Waals surface area contributed by atoms with Crippen molar-refractivity contribution in [1.82, 2.24) is 13.4 Å². The first kappa shape index (κ1) is 21.9. The van der Waals surface area contributed by atoms with Gasteiger partial charge in [-0.2, -0.15) is 25.9 Å². The standard InChI is InChI=1S/C14H12ClF4N3O5S/c1-20(2)28(25,26)27-10-5-9(8(16)4-7(10)15)22-12(23)6-11(14(17,18)19)21(3)13(22)24/h4-6H,1-3H3. The monoisotopic (exact) mass is 445 g/mol. The van der Waals surface area contributed by atoms with Crippen LogP contribution in [0.1, 0.15) is 5.69 Å². The maximum absolute atomic E-state index is 14.3. The summed E-state index contributed by atoms with van der Waals surface area (Å²) in [5.74, 6) is -1.90. The lowest BCUT2D eigenvalue weighted by Gasteiger charge is -2.16. The molecule has 1 aromatic heterocycles. The number of benzene rings is 1. The van der Waals surface area contributed by atoms with E-state index in [1.165, 1.54) is 0 Å². The van der Waals surface area contributed by atoms with E-state index >= 15 is 0 Å². The highest BCUT2D eigenvalue weighted by Gasteiger charge is 2.35. The topological polar surface area (TPSA) is 90.6 Å². The summed E-state index contributed by atoms with van der Waals surface area (Å²) in [4.78, 5) is 24.3. The minimum Gasteiger partial charge on any atom is -0.369 e. The average Bonchev–Trinajstić information content (AvgIpc) is 2.53. The van der Waals surface area contributed by atoms with Gasteiger partial charge in [0.05, 0.1) is 10.7 Å². The van der Waals surface area contributed by atoms with E-state index in [2.05, 4.69) is 0 Å². The van der Waals surface area contributed by atoms with Gasteiger partial charge in [0.1, 0.15) is 11.5 Å². The molecule has 1 heterocycles. The molecular formula is C14H12ClF4N3O5S. The van der Waals surface area contributed by atoms with Crippen molar-refractivity contribution in [2.24, 2.45) is 7.05 Å². The van der Waals surface area contributed by atoms with Crippen molar-refractivity contribution in [3.63, 3.8) is 0 Å². The zero-order valence-electron chi connectivity index (χ0n) is 14.4. The number of hydrogen-bond donors (Lipinski definition) is 0. The lowest BCUT2D eigenvalue weighted by atomic mass is 10.2. The van der Waals surface area contributed by atoms with Crippen molar-refractivity contribution >= 4 is 21.9 Å². The first-order valence-corrected chi connectivity index (χ1v) is 8.92. The van der Waals surface area contributed by atoms with Gasteiger partial charge in [0.15, 0.2) is 5.75 Å². The summed E-state index contributed by atoms with van der Waals surface area (Å²) in [5.41, 5.74) is -5.38. The Bertz CT molecular complexity index is 1160. The highest BCUT2D eigenvalue weighted by atomic mass is 35.5. The smallest absolute Gasteiger partial charge is 0.369 e. The number of alkyl halides is 3. The Kier molecular flexibility index (Phi) is 5.65. The highest BCUT2D eigenvalue weighted by molar-refractivity contribution is 7.84. The second-order valence-electron chi connectivity index (χ2n) is 5.60. The minimum absolute atomic E-state index is 0.0933. The van der Waals surface area contributed by atoms with Gasteiger partial charge >= 0.3 is 22.2 Å². The van der Waals surface area contributed by atoms with E-state index in [0.29, 0.717) is 16.4 Å². The van der Waals surface area contributed by atoms with Crippen LogP contribution in [0.25, 0.3) is 5.69 Å². The Morgan fingerprint density at radius 3 is 2.21 bits per heavy atom. The predicted octanol–water partition coefficient (Wildman–Crippen LogP) is 1.53. The van der Waals surface area contributed by atoms with Crippen LogP contribution >= 0.6 is 11.6 Å². The van der Waals surface area contributed by atoms with Crippen molar-refractivity contribution < 1.29 is 30.2 Å². The van der Waals surface area contributed by atoms with Gasteiger partial charge in [-0.15, -0.1) is 0 Å². The third kappa shape index (κ3) is 4.05. The molecule has 0 N–H and O–H groups in total. The summed E-state index contributed by atoms with van der Waals surface area (Å²) in [7, 11) is -1.34. The second-order valence-corrected chi connectivity index (χ2v) is 7.76. The summed E-state index contributed by atoms with van der Waals surface area (Å²) >= 11 is 5.73. The maximum Gasteiger partial charge on any atom is 0.431 e. The van der Waals surface area contributed by atoms with Crippen LogP contribution in [-0.2, 0) is 23.5 Å². The fraction of sp³-hybridized carbons (Fsp3) is 0.286. The molecule has 0 radical (unpaired) electrons. The first-order valence-electron chi connectivity index (χ1n) is 7.18. The van der Waals surface area contributed by atoms with Crippen LogP contribution < -0.4 is 15.4 Å². The van der Waals surface area contributed by atoms with E-state index in [0.717, 1.165) is 21.1 Å². The van der Waals surface area contributed by atoms with Crippen LogP contribution in [0.3, 0.4) is 0 Å². The summed E-state index contributed by atoms with van der Waals surface area (Å²) in [6, 6.07) is 1.28. The van der Waals surface area contributed by atoms with Gasteiger partial charge in [-0.1, -0.05) is 11.6 Å². The van der Waals surface area contributed by atoms with Gasteiger partial charge in [-0.3, -0.25) is 9.36 Å². The molecule has 0 aliphatic rings. The Morgan fingerprint density at radius 1 is 1.14 bits per heavy atom. The van der Waals surface area contributed by atoms with E-state index in [1.54, 1.807) is 0 Å². The molecule has 28 heavy (non-hydrogen) atoms. The van der Waals surface area contributed by atoms with E-state index in [9.17, 15) is 35.6 Å². The van der Waals surface area contributed by atoms with Gasteiger partial charge in [0, 0.05) is 33.3 Å². The lowest BCUT2D eigenvalue weighted by Crippen LogP contribution is -2.41. The molecular weight excluding hydrogens is 434 g/mol. The normalized spacial score (nSPS) is 12.5. The molecule has 0 aliphatic carbocycles. The Hall–Kier alpha value is -2.38. The van der Waals surface area contributed by atoms with Gasteiger partial charge < -0.3 is 4.18 Å². The molecule has 2 aromatic rings. The molecule has 14 heteroatoms. The van der Waals surface area contributed by atoms with Crippen LogP contribution in [-0.4, -0.2) is 36.0 Å². The number of aromatic nitrogens is 2. The van der Waals surface area contributed by atoms with Crippen molar-refractivity contribution in [1.29, 1.82) is 0 Å². The zero-order chi connectivity index (χ0) is 21.6.